The number of allylic oxidation sites excluding steroid dienone is 1. The van der Waals surface area contributed by atoms with E-state index in [1.807, 2.05) is 17.4 Å². The van der Waals surface area contributed by atoms with E-state index in [0.717, 1.165) is 42.3 Å². The second-order valence-corrected chi connectivity index (χ2v) is 11.6. The standard InChI is InChI=1S/C36H26FNS/c37-27-15-16-31-30(22-27)35-32(17-18-34-36(35)29-13-7-8-14-33(29)39-34)38(31)28-20-25(23-9-3-1-4-10-23)19-26(21-28)24-11-5-2-6-12-24/h1-6,8-12,14-16,19-22H,7,13,17-18H2. The topological polar surface area (TPSA) is 4.93 Å². The van der Waals surface area contributed by atoms with Gasteiger partial charge in [-0.25, -0.2) is 4.39 Å². The van der Waals surface area contributed by atoms with E-state index >= 15 is 0 Å². The molecule has 2 aromatic heterocycles. The predicted octanol–water partition coefficient (Wildman–Crippen LogP) is 9.89. The van der Waals surface area contributed by atoms with Crippen molar-refractivity contribution in [1.82, 2.24) is 4.57 Å². The van der Waals surface area contributed by atoms with Crippen LogP contribution in [0.3, 0.4) is 0 Å². The molecule has 0 aliphatic heterocycles. The molecule has 39 heavy (non-hydrogen) atoms. The minimum absolute atomic E-state index is 0.179. The number of nitrogens with zero attached hydrogens (tertiary/aromatic N) is 1. The Morgan fingerprint density at radius 3 is 2.10 bits per heavy atom. The van der Waals surface area contributed by atoms with E-state index in [1.165, 1.54) is 54.4 Å². The fourth-order valence-electron chi connectivity index (χ4n) is 6.50. The van der Waals surface area contributed by atoms with Crippen LogP contribution in [0.4, 0.5) is 4.39 Å². The van der Waals surface area contributed by atoms with Crippen molar-refractivity contribution in [2.45, 2.75) is 25.7 Å². The molecule has 0 fully saturated rings. The largest absolute Gasteiger partial charge is 0.313 e. The zero-order chi connectivity index (χ0) is 25.9. The van der Waals surface area contributed by atoms with Crippen molar-refractivity contribution >= 4 is 28.3 Å². The second-order valence-electron chi connectivity index (χ2n) is 10.5. The molecule has 0 saturated carbocycles. The molecule has 0 unspecified atom stereocenters. The molecule has 0 atom stereocenters. The van der Waals surface area contributed by atoms with E-state index in [2.05, 4.69) is 95.6 Å². The van der Waals surface area contributed by atoms with Crippen LogP contribution in [0.25, 0.3) is 56.0 Å². The zero-order valence-electron chi connectivity index (χ0n) is 21.5. The van der Waals surface area contributed by atoms with Gasteiger partial charge in [0.2, 0.25) is 0 Å². The lowest BCUT2D eigenvalue weighted by atomic mass is 9.87. The summed E-state index contributed by atoms with van der Waals surface area (Å²) >= 11 is 1.93. The molecule has 2 heterocycles. The van der Waals surface area contributed by atoms with Crippen LogP contribution < -0.4 is 0 Å². The third kappa shape index (κ3) is 3.65. The minimum Gasteiger partial charge on any atom is -0.313 e. The SMILES string of the molecule is Fc1ccc2c(c1)c1c(n2-c2cc(-c3ccccc3)cc(-c3ccccc3)c2)CCc2sc3c(c2-1)CCC=C3. The smallest absolute Gasteiger partial charge is 0.123 e. The van der Waals surface area contributed by atoms with Gasteiger partial charge in [-0.2, -0.15) is 0 Å². The highest BCUT2D eigenvalue weighted by Crippen LogP contribution is 2.49. The molecule has 188 valence electrons. The maximum atomic E-state index is 14.8. The zero-order valence-corrected chi connectivity index (χ0v) is 22.3. The molecule has 6 aromatic rings. The number of benzene rings is 4. The monoisotopic (exact) mass is 523 g/mol. The summed E-state index contributed by atoms with van der Waals surface area (Å²) in [4.78, 5) is 2.83. The highest BCUT2D eigenvalue weighted by Gasteiger charge is 2.30. The molecule has 2 aliphatic rings. The number of hydrogen-bond acceptors (Lipinski definition) is 1. The molecule has 2 aliphatic carbocycles. The van der Waals surface area contributed by atoms with E-state index in [9.17, 15) is 4.39 Å². The predicted molar refractivity (Wildman–Crippen MR) is 162 cm³/mol. The number of fused-ring (bicyclic) bond motifs is 7. The molecule has 0 N–H and O–H groups in total. The lowest BCUT2D eigenvalue weighted by molar-refractivity contribution is 0.629. The van der Waals surface area contributed by atoms with Crippen molar-refractivity contribution in [3.8, 4) is 39.1 Å². The van der Waals surface area contributed by atoms with Crippen LogP contribution in [0.5, 0.6) is 0 Å². The maximum Gasteiger partial charge on any atom is 0.123 e. The fraction of sp³-hybridized carbons (Fsp3) is 0.111. The van der Waals surface area contributed by atoms with Gasteiger partial charge in [0.25, 0.3) is 0 Å². The first-order valence-electron chi connectivity index (χ1n) is 13.7. The van der Waals surface area contributed by atoms with Gasteiger partial charge in [0.05, 0.1) is 5.52 Å². The van der Waals surface area contributed by atoms with Gasteiger partial charge in [-0.1, -0.05) is 66.7 Å². The fourth-order valence-corrected chi connectivity index (χ4v) is 7.79. The molecular weight excluding hydrogens is 497 g/mol. The summed E-state index contributed by atoms with van der Waals surface area (Å²) in [5.74, 6) is -0.179. The Hall–Kier alpha value is -4.21. The number of hydrogen-bond donors (Lipinski definition) is 0. The number of aryl methyl sites for hydroxylation is 1. The Morgan fingerprint density at radius 1 is 0.667 bits per heavy atom. The lowest BCUT2D eigenvalue weighted by Gasteiger charge is -2.20. The van der Waals surface area contributed by atoms with Gasteiger partial charge in [-0.3, -0.25) is 0 Å². The van der Waals surface area contributed by atoms with Crippen molar-refractivity contribution in [2.24, 2.45) is 0 Å². The van der Waals surface area contributed by atoms with Crippen LogP contribution in [-0.4, -0.2) is 4.57 Å². The molecule has 3 heteroatoms. The summed E-state index contributed by atoms with van der Waals surface area (Å²) in [6, 6.07) is 33.4. The van der Waals surface area contributed by atoms with E-state index < -0.39 is 0 Å². The number of halogens is 1. The summed E-state index contributed by atoms with van der Waals surface area (Å²) in [7, 11) is 0. The number of aromatic nitrogens is 1. The summed E-state index contributed by atoms with van der Waals surface area (Å²) < 4.78 is 17.2. The van der Waals surface area contributed by atoms with Gasteiger partial charge in [-0.15, -0.1) is 11.3 Å². The molecule has 0 amide bonds. The van der Waals surface area contributed by atoms with Gasteiger partial charge in [-0.05, 0) is 96.0 Å². The van der Waals surface area contributed by atoms with Crippen LogP contribution >= 0.6 is 11.3 Å². The first kappa shape index (κ1) is 22.7. The Kier molecular flexibility index (Phi) is 5.21. The molecular formula is C36H26FNS. The molecule has 0 saturated heterocycles. The number of thiophene rings is 1. The van der Waals surface area contributed by atoms with Crippen LogP contribution in [0.15, 0.2) is 103 Å². The van der Waals surface area contributed by atoms with Gasteiger partial charge in [0.1, 0.15) is 5.82 Å². The van der Waals surface area contributed by atoms with Gasteiger partial charge in [0, 0.05) is 37.6 Å². The Labute approximate surface area is 231 Å². The molecule has 0 bridgehead atoms. The van der Waals surface area contributed by atoms with Crippen molar-refractivity contribution in [3.63, 3.8) is 0 Å². The van der Waals surface area contributed by atoms with Crippen LogP contribution in [0.1, 0.15) is 27.4 Å². The molecule has 1 nitrogen and oxygen atoms in total. The first-order chi connectivity index (χ1) is 19.2. The molecule has 8 rings (SSSR count). The van der Waals surface area contributed by atoms with Crippen LogP contribution in [-0.2, 0) is 19.3 Å². The van der Waals surface area contributed by atoms with E-state index in [4.69, 9.17) is 0 Å². The van der Waals surface area contributed by atoms with Crippen molar-refractivity contribution < 1.29 is 4.39 Å². The number of rotatable bonds is 3. The third-order valence-electron chi connectivity index (χ3n) is 8.20. The van der Waals surface area contributed by atoms with E-state index in [0.29, 0.717) is 0 Å². The minimum atomic E-state index is -0.179. The van der Waals surface area contributed by atoms with Crippen molar-refractivity contribution in [3.05, 3.63) is 130 Å². The second kappa shape index (κ2) is 8.93. The Balaban J connectivity index is 1.44. The van der Waals surface area contributed by atoms with Gasteiger partial charge >= 0.3 is 0 Å². The summed E-state index contributed by atoms with van der Waals surface area (Å²) in [5, 5.41) is 1.02. The van der Waals surface area contributed by atoms with Gasteiger partial charge in [0.15, 0.2) is 0 Å². The van der Waals surface area contributed by atoms with Crippen molar-refractivity contribution in [2.75, 3.05) is 0 Å². The highest BCUT2D eigenvalue weighted by molar-refractivity contribution is 7.13. The normalized spacial score (nSPS) is 13.8. The summed E-state index contributed by atoms with van der Waals surface area (Å²) in [6.07, 6.45) is 8.67. The molecule has 0 radical (unpaired) electrons. The highest BCUT2D eigenvalue weighted by atomic mass is 32.1. The van der Waals surface area contributed by atoms with Crippen LogP contribution in [0, 0.1) is 5.82 Å². The Morgan fingerprint density at radius 2 is 1.38 bits per heavy atom. The average Bonchev–Trinajstić information content (AvgIpc) is 3.53. The van der Waals surface area contributed by atoms with Crippen molar-refractivity contribution in [1.29, 1.82) is 0 Å². The van der Waals surface area contributed by atoms with Crippen LogP contribution in [0.2, 0.25) is 0 Å². The average molecular weight is 524 g/mol. The van der Waals surface area contributed by atoms with E-state index in [-0.39, 0.29) is 5.82 Å². The van der Waals surface area contributed by atoms with E-state index in [1.54, 1.807) is 12.1 Å². The lowest BCUT2D eigenvalue weighted by Crippen LogP contribution is -2.08. The maximum absolute atomic E-state index is 14.8. The Bertz CT molecular complexity index is 1850. The third-order valence-corrected chi connectivity index (χ3v) is 9.45. The quantitative estimate of drug-likeness (QED) is 0.217. The summed E-state index contributed by atoms with van der Waals surface area (Å²) in [5.41, 5.74) is 12.3. The molecule has 4 aromatic carbocycles. The first-order valence-corrected chi connectivity index (χ1v) is 14.5. The summed E-state index contributed by atoms with van der Waals surface area (Å²) in [6.45, 7) is 0. The van der Waals surface area contributed by atoms with Gasteiger partial charge < -0.3 is 4.57 Å². The molecule has 0 spiro atoms.